The summed E-state index contributed by atoms with van der Waals surface area (Å²) in [5, 5.41) is 25.1. The van der Waals surface area contributed by atoms with Crippen LogP contribution in [0.4, 0.5) is 11.4 Å². The number of nitro benzene ring substituents is 1. The van der Waals surface area contributed by atoms with Crippen LogP contribution in [0.25, 0.3) is 11.4 Å². The number of tetrazole rings is 1. The summed E-state index contributed by atoms with van der Waals surface area (Å²) in [6.45, 7) is -0.150. The van der Waals surface area contributed by atoms with Crippen molar-refractivity contribution in [1.29, 1.82) is 0 Å². The van der Waals surface area contributed by atoms with E-state index in [2.05, 4.69) is 20.7 Å². The van der Waals surface area contributed by atoms with Crippen LogP contribution in [0, 0.1) is 10.1 Å². The van der Waals surface area contributed by atoms with Crippen LogP contribution in [-0.2, 0) is 11.3 Å². The number of rotatable bonds is 5. The Morgan fingerprint density at radius 1 is 1.17 bits per heavy atom. The fraction of sp³-hybridized carbons (Fsp3) is 0.0667. The summed E-state index contributed by atoms with van der Waals surface area (Å²) < 4.78 is 0. The Labute approximate surface area is 136 Å². The first-order valence-electron chi connectivity index (χ1n) is 6.99. The third kappa shape index (κ3) is 3.58. The lowest BCUT2D eigenvalue weighted by Gasteiger charge is -2.04. The predicted octanol–water partition coefficient (Wildman–Crippen LogP) is 1.89. The quantitative estimate of drug-likeness (QED) is 0.566. The Kier molecular flexibility index (Phi) is 4.23. The number of hydrogen-bond donors (Lipinski definition) is 1. The summed E-state index contributed by atoms with van der Waals surface area (Å²) >= 11 is 0. The van der Waals surface area contributed by atoms with Gasteiger partial charge in [0.25, 0.3) is 5.69 Å². The molecule has 0 aliphatic rings. The van der Waals surface area contributed by atoms with Gasteiger partial charge in [-0.15, -0.1) is 10.2 Å². The number of benzene rings is 2. The maximum absolute atomic E-state index is 12.0. The van der Waals surface area contributed by atoms with Crippen molar-refractivity contribution in [3.63, 3.8) is 0 Å². The molecule has 1 N–H and O–H groups in total. The summed E-state index contributed by atoms with van der Waals surface area (Å²) in [5.41, 5.74) is 1.03. The zero-order valence-corrected chi connectivity index (χ0v) is 12.4. The number of hydrogen-bond acceptors (Lipinski definition) is 6. The van der Waals surface area contributed by atoms with Crippen LogP contribution in [0.3, 0.4) is 0 Å². The molecule has 9 heteroatoms. The zero-order chi connectivity index (χ0) is 16.9. The summed E-state index contributed by atoms with van der Waals surface area (Å²) in [6, 6.07) is 14.9. The maximum Gasteiger partial charge on any atom is 0.271 e. The van der Waals surface area contributed by atoms with Crippen molar-refractivity contribution in [3.8, 4) is 11.4 Å². The minimum absolute atomic E-state index is 0.0990. The van der Waals surface area contributed by atoms with E-state index in [4.69, 9.17) is 0 Å². The number of nitro groups is 1. The van der Waals surface area contributed by atoms with E-state index in [1.807, 2.05) is 30.3 Å². The van der Waals surface area contributed by atoms with Crippen LogP contribution in [0.5, 0.6) is 0 Å². The number of anilines is 1. The summed E-state index contributed by atoms with van der Waals surface area (Å²) in [5.74, 6) is 0.00579. The Bertz CT molecular complexity index is 878. The average molecular weight is 324 g/mol. The van der Waals surface area contributed by atoms with Crippen LogP contribution >= 0.6 is 0 Å². The van der Waals surface area contributed by atoms with Crippen LogP contribution in [-0.4, -0.2) is 31.0 Å². The van der Waals surface area contributed by atoms with Crippen LogP contribution in [0.15, 0.2) is 54.6 Å². The standard InChI is InChI=1S/C15H12N6O3/c22-14(16-12-7-4-8-13(9-12)21(23)24)10-20-18-15(17-19-20)11-5-2-1-3-6-11/h1-9H,10H2,(H,16,22). The number of aromatic nitrogens is 4. The van der Waals surface area contributed by atoms with E-state index < -0.39 is 10.8 Å². The maximum atomic E-state index is 12.0. The van der Waals surface area contributed by atoms with Gasteiger partial charge in [0, 0.05) is 23.4 Å². The van der Waals surface area contributed by atoms with Crippen molar-refractivity contribution in [2.75, 3.05) is 5.32 Å². The molecular weight excluding hydrogens is 312 g/mol. The van der Waals surface area contributed by atoms with Crippen LogP contribution in [0.1, 0.15) is 0 Å². The van der Waals surface area contributed by atoms with Gasteiger partial charge in [0.2, 0.25) is 11.7 Å². The fourth-order valence-electron chi connectivity index (χ4n) is 2.04. The van der Waals surface area contributed by atoms with Gasteiger partial charge < -0.3 is 5.32 Å². The average Bonchev–Trinajstić information content (AvgIpc) is 3.04. The van der Waals surface area contributed by atoms with Gasteiger partial charge in [0.15, 0.2) is 0 Å². The molecule has 1 aromatic heterocycles. The molecule has 0 spiro atoms. The molecule has 0 unspecified atom stereocenters. The monoisotopic (exact) mass is 324 g/mol. The van der Waals surface area contributed by atoms with E-state index in [0.717, 1.165) is 10.4 Å². The van der Waals surface area contributed by atoms with Gasteiger partial charge in [-0.1, -0.05) is 36.4 Å². The molecule has 9 nitrogen and oxygen atoms in total. The highest BCUT2D eigenvalue weighted by Gasteiger charge is 2.11. The topological polar surface area (TPSA) is 116 Å². The molecule has 24 heavy (non-hydrogen) atoms. The first-order valence-corrected chi connectivity index (χ1v) is 6.99. The first kappa shape index (κ1) is 15.3. The second-order valence-electron chi connectivity index (χ2n) is 4.87. The molecule has 0 fully saturated rings. The minimum Gasteiger partial charge on any atom is -0.324 e. The molecule has 3 rings (SSSR count). The largest absolute Gasteiger partial charge is 0.324 e. The molecule has 0 aliphatic carbocycles. The fourth-order valence-corrected chi connectivity index (χ4v) is 2.04. The summed E-state index contributed by atoms with van der Waals surface area (Å²) in [6.07, 6.45) is 0. The highest BCUT2D eigenvalue weighted by Crippen LogP contribution is 2.17. The third-order valence-corrected chi connectivity index (χ3v) is 3.11. The van der Waals surface area contributed by atoms with Gasteiger partial charge >= 0.3 is 0 Å². The molecule has 0 radical (unpaired) electrons. The van der Waals surface area contributed by atoms with E-state index >= 15 is 0 Å². The van der Waals surface area contributed by atoms with Crippen molar-refractivity contribution >= 4 is 17.3 Å². The molecular formula is C15H12N6O3. The molecule has 120 valence electrons. The molecule has 2 aromatic carbocycles. The smallest absolute Gasteiger partial charge is 0.271 e. The normalized spacial score (nSPS) is 10.3. The van der Waals surface area contributed by atoms with Gasteiger partial charge in [0.05, 0.1) is 4.92 Å². The van der Waals surface area contributed by atoms with Crippen molar-refractivity contribution in [3.05, 3.63) is 64.7 Å². The second-order valence-corrected chi connectivity index (χ2v) is 4.87. The highest BCUT2D eigenvalue weighted by atomic mass is 16.6. The SMILES string of the molecule is O=C(Cn1nnc(-c2ccccc2)n1)Nc1cccc([N+](=O)[O-])c1. The Morgan fingerprint density at radius 2 is 1.96 bits per heavy atom. The lowest BCUT2D eigenvalue weighted by atomic mass is 10.2. The number of carbonyl (C=O) groups excluding carboxylic acids is 1. The molecule has 0 saturated heterocycles. The van der Waals surface area contributed by atoms with Crippen molar-refractivity contribution in [2.24, 2.45) is 0 Å². The molecule has 0 aliphatic heterocycles. The molecule has 0 atom stereocenters. The Balaban J connectivity index is 1.66. The van der Waals surface area contributed by atoms with E-state index in [1.54, 1.807) is 6.07 Å². The van der Waals surface area contributed by atoms with Crippen LogP contribution < -0.4 is 5.32 Å². The molecule has 0 bridgehead atoms. The van der Waals surface area contributed by atoms with Crippen molar-refractivity contribution in [2.45, 2.75) is 6.54 Å². The lowest BCUT2D eigenvalue weighted by molar-refractivity contribution is -0.384. The number of carbonyl (C=O) groups is 1. The number of nitrogens with zero attached hydrogens (tertiary/aromatic N) is 5. The summed E-state index contributed by atoms with van der Waals surface area (Å²) in [4.78, 5) is 23.4. The number of nitrogens with one attached hydrogen (secondary N) is 1. The molecule has 0 saturated carbocycles. The highest BCUT2D eigenvalue weighted by molar-refractivity contribution is 5.90. The van der Waals surface area contributed by atoms with Crippen molar-refractivity contribution in [1.82, 2.24) is 20.2 Å². The Morgan fingerprint density at radius 3 is 2.71 bits per heavy atom. The lowest BCUT2D eigenvalue weighted by Crippen LogP contribution is -2.20. The van der Waals surface area contributed by atoms with E-state index in [-0.39, 0.29) is 12.2 Å². The van der Waals surface area contributed by atoms with Gasteiger partial charge in [-0.25, -0.2) is 0 Å². The van der Waals surface area contributed by atoms with E-state index in [1.165, 1.54) is 18.2 Å². The molecule has 1 heterocycles. The van der Waals surface area contributed by atoms with E-state index in [0.29, 0.717) is 11.5 Å². The number of non-ortho nitro benzene ring substituents is 1. The minimum atomic E-state index is -0.527. The molecule has 1 amide bonds. The van der Waals surface area contributed by atoms with Gasteiger partial charge in [-0.3, -0.25) is 14.9 Å². The second kappa shape index (κ2) is 6.65. The first-order chi connectivity index (χ1) is 11.6. The molecule has 3 aromatic rings. The zero-order valence-electron chi connectivity index (χ0n) is 12.4. The predicted molar refractivity (Wildman–Crippen MR) is 85.0 cm³/mol. The Hall–Kier alpha value is -3.62. The van der Waals surface area contributed by atoms with Crippen molar-refractivity contribution < 1.29 is 9.72 Å². The summed E-state index contributed by atoms with van der Waals surface area (Å²) in [7, 11) is 0. The van der Waals surface area contributed by atoms with Crippen LogP contribution in [0.2, 0.25) is 0 Å². The van der Waals surface area contributed by atoms with Gasteiger partial charge in [-0.05, 0) is 11.3 Å². The van der Waals surface area contributed by atoms with Gasteiger partial charge in [0.1, 0.15) is 6.54 Å². The number of amides is 1. The third-order valence-electron chi connectivity index (χ3n) is 3.11. The van der Waals surface area contributed by atoms with Gasteiger partial charge in [-0.2, -0.15) is 4.80 Å². The van der Waals surface area contributed by atoms with E-state index in [9.17, 15) is 14.9 Å².